The zero-order chi connectivity index (χ0) is 16.1. The van der Waals surface area contributed by atoms with Gasteiger partial charge in [-0.25, -0.2) is 0 Å². The van der Waals surface area contributed by atoms with E-state index in [1.54, 1.807) is 0 Å². The molecular formula is C13H33Cl3Si4. The summed E-state index contributed by atoms with van der Waals surface area (Å²) in [5, 5.41) is 1.26. The summed E-state index contributed by atoms with van der Waals surface area (Å²) in [7, 11) is -3.72. The van der Waals surface area contributed by atoms with Gasteiger partial charge < -0.3 is 0 Å². The summed E-state index contributed by atoms with van der Waals surface area (Å²) in [6.07, 6.45) is 0. The van der Waals surface area contributed by atoms with Gasteiger partial charge in [0, 0.05) is 15.0 Å². The Morgan fingerprint density at radius 3 is 1.00 bits per heavy atom. The Morgan fingerprint density at radius 1 is 0.650 bits per heavy atom. The van der Waals surface area contributed by atoms with Crippen LogP contribution in [0.15, 0.2) is 0 Å². The molecule has 0 aliphatic heterocycles. The molecule has 0 spiro atoms. The molecule has 0 radical (unpaired) electrons. The molecule has 0 bridgehead atoms. The zero-order valence-electron chi connectivity index (χ0n) is 14.2. The monoisotopic (exact) mass is 406 g/mol. The maximum absolute atomic E-state index is 6.66. The Hall–Kier alpha value is 1.74. The summed E-state index contributed by atoms with van der Waals surface area (Å²) in [6.45, 7) is 16.7. The SMILES string of the molecule is C[SiH](C)C(Cl)C[Si](C)(CC(Cl)[SiH](C)C)CC(Cl)[SiH](C)C. The van der Waals surface area contributed by atoms with Gasteiger partial charge in [-0.1, -0.05) is 45.8 Å². The van der Waals surface area contributed by atoms with Crippen molar-refractivity contribution >= 4 is 69.3 Å². The molecule has 3 unspecified atom stereocenters. The fourth-order valence-corrected chi connectivity index (χ4v) is 19.8. The molecule has 0 saturated carbocycles. The van der Waals surface area contributed by atoms with Crippen molar-refractivity contribution in [2.45, 2.75) is 79.0 Å². The van der Waals surface area contributed by atoms with E-state index in [0.717, 1.165) is 0 Å². The van der Waals surface area contributed by atoms with Crippen LogP contribution in [0.4, 0.5) is 0 Å². The first kappa shape index (κ1) is 21.7. The second-order valence-corrected chi connectivity index (χ2v) is 25.4. The van der Waals surface area contributed by atoms with Gasteiger partial charge in [0.05, 0.1) is 34.5 Å². The molecule has 0 saturated heterocycles. The molecule has 0 rings (SSSR count). The molecule has 0 aliphatic rings. The van der Waals surface area contributed by atoms with Crippen LogP contribution in [-0.4, -0.2) is 49.5 Å². The molecular weight excluding hydrogens is 375 g/mol. The lowest BCUT2D eigenvalue weighted by molar-refractivity contribution is 1.08. The molecule has 122 valence electrons. The lowest BCUT2D eigenvalue weighted by Gasteiger charge is -2.35. The summed E-state index contributed by atoms with van der Waals surface area (Å²) >= 11 is 20.0. The molecule has 0 heterocycles. The van der Waals surface area contributed by atoms with Crippen LogP contribution in [0.3, 0.4) is 0 Å². The van der Waals surface area contributed by atoms with Gasteiger partial charge in [0.1, 0.15) is 0 Å². The molecule has 0 nitrogen and oxygen atoms in total. The average molecular weight is 408 g/mol. The predicted octanol–water partition coefficient (Wildman–Crippen LogP) is 4.96. The van der Waals surface area contributed by atoms with E-state index in [-0.39, 0.29) is 0 Å². The van der Waals surface area contributed by atoms with Crippen molar-refractivity contribution in [2.24, 2.45) is 0 Å². The molecule has 20 heavy (non-hydrogen) atoms. The second-order valence-electron chi connectivity index (χ2n) is 7.70. The van der Waals surface area contributed by atoms with Crippen molar-refractivity contribution in [3.05, 3.63) is 0 Å². The Bertz CT molecular complexity index is 234. The highest BCUT2D eigenvalue weighted by Gasteiger charge is 2.36. The molecule has 0 fully saturated rings. The topological polar surface area (TPSA) is 0 Å². The van der Waals surface area contributed by atoms with Gasteiger partial charge in [-0.3, -0.25) is 0 Å². The van der Waals surface area contributed by atoms with Crippen LogP contribution in [-0.2, 0) is 0 Å². The van der Waals surface area contributed by atoms with Gasteiger partial charge in [0.25, 0.3) is 0 Å². The number of alkyl halides is 3. The average Bonchev–Trinajstić information content (AvgIpc) is 2.27. The summed E-state index contributed by atoms with van der Waals surface area (Å²) in [5.74, 6) is 0. The Balaban J connectivity index is 4.92. The molecule has 0 aromatic carbocycles. The summed E-state index contributed by atoms with van der Waals surface area (Å²) < 4.78 is 0. The standard InChI is InChI=1S/C13H33Cl3Si4/c1-17(2)11(14)8-20(7,9-12(15)18(3)4)10-13(16)19(5)6/h11-13,17-19H,8-10H2,1-7H3. The predicted molar refractivity (Wildman–Crippen MR) is 112 cm³/mol. The molecule has 7 heteroatoms. The molecule has 0 N–H and O–H groups in total. The number of halogens is 3. The Morgan fingerprint density at radius 2 is 0.850 bits per heavy atom. The maximum atomic E-state index is 6.66. The normalized spacial score (nSPS) is 20.2. The third-order valence-corrected chi connectivity index (χ3v) is 20.7. The van der Waals surface area contributed by atoms with Crippen LogP contribution in [0.25, 0.3) is 0 Å². The smallest absolute Gasteiger partial charge is 0.0539 e. The molecule has 3 atom stereocenters. The van der Waals surface area contributed by atoms with E-state index in [2.05, 4.69) is 45.8 Å². The fraction of sp³-hybridized carbons (Fsp3) is 1.00. The third kappa shape index (κ3) is 8.39. The van der Waals surface area contributed by atoms with Gasteiger partial charge in [-0.2, -0.15) is 0 Å². The quantitative estimate of drug-likeness (QED) is 0.374. The van der Waals surface area contributed by atoms with Crippen molar-refractivity contribution in [1.82, 2.24) is 0 Å². The molecule has 0 aromatic heterocycles. The highest BCUT2D eigenvalue weighted by Crippen LogP contribution is 2.33. The maximum Gasteiger partial charge on any atom is 0.0539 e. The molecule has 0 amide bonds. The Kier molecular flexibility index (Phi) is 10.6. The fourth-order valence-electron chi connectivity index (χ4n) is 2.37. The molecule has 0 aromatic rings. The summed E-state index contributed by atoms with van der Waals surface area (Å²) in [4.78, 5) is 0. The minimum Gasteiger partial charge on any atom is -0.127 e. The highest BCUT2D eigenvalue weighted by atomic mass is 35.5. The van der Waals surface area contributed by atoms with Crippen molar-refractivity contribution in [3.63, 3.8) is 0 Å². The van der Waals surface area contributed by atoms with Gasteiger partial charge in [-0.15, -0.1) is 34.8 Å². The van der Waals surface area contributed by atoms with Crippen LogP contribution in [0.5, 0.6) is 0 Å². The van der Waals surface area contributed by atoms with Gasteiger partial charge in [0.2, 0.25) is 0 Å². The Labute approximate surface area is 147 Å². The summed E-state index contributed by atoms with van der Waals surface area (Å²) in [6, 6.07) is 3.69. The van der Waals surface area contributed by atoms with Crippen molar-refractivity contribution in [2.75, 3.05) is 0 Å². The number of hydrogen-bond donors (Lipinski definition) is 0. The summed E-state index contributed by atoms with van der Waals surface area (Å²) in [5.41, 5.74) is 0. The lowest BCUT2D eigenvalue weighted by Crippen LogP contribution is -2.44. The second kappa shape index (κ2) is 9.78. The van der Waals surface area contributed by atoms with Gasteiger partial charge in [0.15, 0.2) is 0 Å². The van der Waals surface area contributed by atoms with E-state index in [1.165, 1.54) is 18.1 Å². The minimum atomic E-state index is -1.42. The number of rotatable bonds is 9. The van der Waals surface area contributed by atoms with E-state index in [0.29, 0.717) is 15.0 Å². The van der Waals surface area contributed by atoms with Crippen LogP contribution in [0.2, 0.25) is 64.0 Å². The first-order valence-electron chi connectivity index (χ1n) is 7.90. The van der Waals surface area contributed by atoms with Gasteiger partial charge in [-0.05, 0) is 18.1 Å². The third-order valence-electron chi connectivity index (χ3n) is 4.23. The van der Waals surface area contributed by atoms with Crippen LogP contribution >= 0.6 is 34.8 Å². The lowest BCUT2D eigenvalue weighted by atomic mass is 10.9. The van der Waals surface area contributed by atoms with Crippen molar-refractivity contribution < 1.29 is 0 Å². The van der Waals surface area contributed by atoms with Crippen LogP contribution < -0.4 is 0 Å². The van der Waals surface area contributed by atoms with Crippen molar-refractivity contribution in [3.8, 4) is 0 Å². The van der Waals surface area contributed by atoms with E-state index in [4.69, 9.17) is 34.8 Å². The van der Waals surface area contributed by atoms with Crippen LogP contribution in [0, 0.1) is 0 Å². The molecule has 0 aliphatic carbocycles. The van der Waals surface area contributed by atoms with E-state index < -0.39 is 34.5 Å². The van der Waals surface area contributed by atoms with E-state index >= 15 is 0 Å². The highest BCUT2D eigenvalue weighted by molar-refractivity contribution is 6.86. The van der Waals surface area contributed by atoms with E-state index in [1.807, 2.05) is 0 Å². The van der Waals surface area contributed by atoms with Crippen LogP contribution in [0.1, 0.15) is 0 Å². The first-order valence-corrected chi connectivity index (χ1v) is 21.3. The first-order chi connectivity index (χ1) is 8.98. The van der Waals surface area contributed by atoms with Gasteiger partial charge >= 0.3 is 0 Å². The zero-order valence-corrected chi connectivity index (χ0v) is 21.0. The van der Waals surface area contributed by atoms with Crippen molar-refractivity contribution in [1.29, 1.82) is 0 Å². The minimum absolute atomic E-state index is 0.419. The number of hydrogen-bond acceptors (Lipinski definition) is 0. The van der Waals surface area contributed by atoms with E-state index in [9.17, 15) is 0 Å². The largest absolute Gasteiger partial charge is 0.127 e.